The topological polar surface area (TPSA) is 60.4 Å². The van der Waals surface area contributed by atoms with Crippen molar-refractivity contribution in [2.24, 2.45) is 11.3 Å². The van der Waals surface area contributed by atoms with Gasteiger partial charge in [0.2, 0.25) is 0 Å². The molecule has 2 saturated carbocycles. The van der Waals surface area contributed by atoms with Gasteiger partial charge in [0.05, 0.1) is 0 Å². The summed E-state index contributed by atoms with van der Waals surface area (Å²) in [5.74, 6) is 0.437. The van der Waals surface area contributed by atoms with Gasteiger partial charge in [-0.1, -0.05) is 25.7 Å². The van der Waals surface area contributed by atoms with Crippen molar-refractivity contribution in [1.82, 2.24) is 0 Å². The minimum atomic E-state index is -0.840. The van der Waals surface area contributed by atoms with Crippen LogP contribution in [0.2, 0.25) is 0 Å². The molecule has 0 aliphatic heterocycles. The maximum absolute atomic E-state index is 12.0. The van der Waals surface area contributed by atoms with E-state index in [9.17, 15) is 14.4 Å². The van der Waals surface area contributed by atoms with Crippen LogP contribution < -0.4 is 0 Å². The summed E-state index contributed by atoms with van der Waals surface area (Å²) in [7, 11) is 0. The zero-order valence-electron chi connectivity index (χ0n) is 15.4. The Kier molecular flexibility index (Phi) is 6.97. The number of ether oxygens (including phenoxy) is 1. The Balaban J connectivity index is 0.000000277. The first kappa shape index (κ1) is 19.9. The summed E-state index contributed by atoms with van der Waals surface area (Å²) in [6.45, 7) is 8.68. The zero-order chi connectivity index (χ0) is 17.7. The number of rotatable bonds is 3. The Hall–Kier alpha value is -1.19. The van der Waals surface area contributed by atoms with E-state index in [4.69, 9.17) is 4.74 Å². The molecular weight excluding hydrogens is 292 g/mol. The van der Waals surface area contributed by atoms with E-state index < -0.39 is 11.0 Å². The second kappa shape index (κ2) is 8.07. The molecule has 0 aromatic rings. The third kappa shape index (κ3) is 5.74. The minimum Gasteiger partial charge on any atom is -0.459 e. The lowest BCUT2D eigenvalue weighted by molar-refractivity contribution is -0.169. The maximum atomic E-state index is 12.0. The fourth-order valence-corrected chi connectivity index (χ4v) is 3.39. The van der Waals surface area contributed by atoms with Gasteiger partial charge >= 0.3 is 5.97 Å². The van der Waals surface area contributed by atoms with Crippen LogP contribution in [0.3, 0.4) is 0 Å². The molecule has 0 spiro atoms. The molecule has 0 unspecified atom stereocenters. The van der Waals surface area contributed by atoms with Crippen molar-refractivity contribution in [3.63, 3.8) is 0 Å². The lowest BCUT2D eigenvalue weighted by Crippen LogP contribution is -2.40. The van der Waals surface area contributed by atoms with Crippen molar-refractivity contribution in [2.75, 3.05) is 0 Å². The highest BCUT2D eigenvalue weighted by molar-refractivity contribution is 6.03. The molecule has 0 atom stereocenters. The molecule has 0 aromatic heterocycles. The lowest BCUT2D eigenvalue weighted by Gasteiger charge is -2.28. The summed E-state index contributed by atoms with van der Waals surface area (Å²) in [5.41, 5.74) is -1.35. The molecule has 0 heterocycles. The molecule has 4 heteroatoms. The van der Waals surface area contributed by atoms with Crippen molar-refractivity contribution in [3.8, 4) is 0 Å². The molecule has 0 N–H and O–H groups in total. The van der Waals surface area contributed by atoms with E-state index in [-0.39, 0.29) is 11.8 Å². The Labute approximate surface area is 140 Å². The van der Waals surface area contributed by atoms with E-state index in [1.807, 2.05) is 20.8 Å². The van der Waals surface area contributed by atoms with Gasteiger partial charge in [-0.25, -0.2) is 0 Å². The number of carbonyl (C=O) groups is 3. The van der Waals surface area contributed by atoms with E-state index in [0.29, 0.717) is 24.5 Å². The first-order chi connectivity index (χ1) is 10.6. The van der Waals surface area contributed by atoms with Gasteiger partial charge in [0.15, 0.2) is 0 Å². The highest BCUT2D eigenvalue weighted by atomic mass is 16.6. The summed E-state index contributed by atoms with van der Waals surface area (Å²) < 4.78 is 5.33. The molecule has 2 rings (SSSR count). The summed E-state index contributed by atoms with van der Waals surface area (Å²) in [5, 5.41) is 0. The van der Waals surface area contributed by atoms with Gasteiger partial charge < -0.3 is 4.74 Å². The first-order valence-corrected chi connectivity index (χ1v) is 8.83. The molecule has 2 aliphatic rings. The lowest BCUT2D eigenvalue weighted by atomic mass is 9.82. The van der Waals surface area contributed by atoms with Crippen LogP contribution in [0.15, 0.2) is 0 Å². The van der Waals surface area contributed by atoms with Gasteiger partial charge in [-0.2, -0.15) is 0 Å². The third-order valence-electron chi connectivity index (χ3n) is 4.85. The van der Waals surface area contributed by atoms with Crippen LogP contribution in [-0.2, 0) is 19.1 Å². The van der Waals surface area contributed by atoms with E-state index in [2.05, 4.69) is 0 Å². The average Bonchev–Trinajstić information content (AvgIpc) is 3.10. The third-order valence-corrected chi connectivity index (χ3v) is 4.85. The van der Waals surface area contributed by atoms with E-state index in [1.165, 1.54) is 19.8 Å². The predicted molar refractivity (Wildman–Crippen MR) is 90.1 cm³/mol. The van der Waals surface area contributed by atoms with Gasteiger partial charge in [0, 0.05) is 5.92 Å². The Morgan fingerprint density at radius 1 is 0.913 bits per heavy atom. The van der Waals surface area contributed by atoms with Crippen LogP contribution in [-0.4, -0.2) is 23.1 Å². The van der Waals surface area contributed by atoms with Crippen molar-refractivity contribution in [3.05, 3.63) is 0 Å². The molecule has 2 aliphatic carbocycles. The monoisotopic (exact) mass is 324 g/mol. The predicted octanol–water partition coefficient (Wildman–Crippen LogP) is 4.24. The summed E-state index contributed by atoms with van der Waals surface area (Å²) in [6, 6.07) is 0. The largest absolute Gasteiger partial charge is 0.459 e. The van der Waals surface area contributed by atoms with Crippen molar-refractivity contribution in [1.29, 1.82) is 0 Å². The second-order valence-corrected chi connectivity index (χ2v) is 7.94. The number of esters is 1. The Morgan fingerprint density at radius 2 is 1.39 bits per heavy atom. The minimum absolute atomic E-state index is 0.0470. The fraction of sp³-hybridized carbons (Fsp3) is 0.842. The maximum Gasteiger partial charge on any atom is 0.320 e. The molecule has 2 fully saturated rings. The molecule has 4 nitrogen and oxygen atoms in total. The highest BCUT2D eigenvalue weighted by Gasteiger charge is 2.47. The number of carbonyl (C=O) groups excluding carboxylic acids is 3. The van der Waals surface area contributed by atoms with E-state index >= 15 is 0 Å². The van der Waals surface area contributed by atoms with Crippen molar-refractivity contribution in [2.45, 2.75) is 91.6 Å². The Morgan fingerprint density at radius 3 is 1.70 bits per heavy atom. The Bertz CT molecular complexity index is 433. The van der Waals surface area contributed by atoms with Gasteiger partial charge in [-0.15, -0.1) is 0 Å². The molecular formula is C19H32O4. The normalized spacial score (nSPS) is 20.6. The molecule has 0 amide bonds. The van der Waals surface area contributed by atoms with Crippen LogP contribution >= 0.6 is 0 Å². The van der Waals surface area contributed by atoms with Crippen LogP contribution in [0.4, 0.5) is 0 Å². The standard InChI is InChI=1S/C12H20O3.C7H12O/c1-9(13)12(7-5-6-8-12)10(14)15-11(2,3)4;1-6(8)7-4-2-3-5-7/h5-8H2,1-4H3;7H,2-5H2,1H3. The van der Waals surface area contributed by atoms with E-state index in [1.54, 1.807) is 6.92 Å². The van der Waals surface area contributed by atoms with Gasteiger partial charge in [0.1, 0.15) is 22.6 Å². The smallest absolute Gasteiger partial charge is 0.320 e. The first-order valence-electron chi connectivity index (χ1n) is 8.83. The van der Waals surface area contributed by atoms with Gasteiger partial charge in [-0.05, 0) is 60.3 Å². The summed E-state index contributed by atoms with van der Waals surface area (Å²) in [4.78, 5) is 34.2. The SMILES string of the molecule is CC(=O)C1(C(=O)OC(C)(C)C)CCCC1.CC(=O)C1CCCC1. The molecule has 0 saturated heterocycles. The molecule has 0 radical (unpaired) electrons. The molecule has 0 aromatic carbocycles. The zero-order valence-corrected chi connectivity index (χ0v) is 15.4. The van der Waals surface area contributed by atoms with Crippen molar-refractivity contribution >= 4 is 17.5 Å². The number of hydrogen-bond donors (Lipinski definition) is 0. The summed E-state index contributed by atoms with van der Waals surface area (Å²) in [6.07, 6.45) is 8.02. The van der Waals surface area contributed by atoms with Gasteiger partial charge in [0.25, 0.3) is 0 Å². The highest BCUT2D eigenvalue weighted by Crippen LogP contribution is 2.40. The number of ketones is 2. The number of hydrogen-bond acceptors (Lipinski definition) is 4. The second-order valence-electron chi connectivity index (χ2n) is 7.94. The van der Waals surface area contributed by atoms with E-state index in [0.717, 1.165) is 25.7 Å². The van der Waals surface area contributed by atoms with Crippen LogP contribution in [0, 0.1) is 11.3 Å². The summed E-state index contributed by atoms with van der Waals surface area (Å²) >= 11 is 0. The van der Waals surface area contributed by atoms with Crippen LogP contribution in [0.25, 0.3) is 0 Å². The van der Waals surface area contributed by atoms with Crippen LogP contribution in [0.5, 0.6) is 0 Å². The fourth-order valence-electron chi connectivity index (χ4n) is 3.39. The number of Topliss-reactive ketones (excluding diaryl/α,β-unsaturated/α-hetero) is 2. The van der Waals surface area contributed by atoms with Crippen molar-refractivity contribution < 1.29 is 19.1 Å². The molecule has 0 bridgehead atoms. The average molecular weight is 324 g/mol. The quantitative estimate of drug-likeness (QED) is 0.575. The van der Waals surface area contributed by atoms with Gasteiger partial charge in [-0.3, -0.25) is 14.4 Å². The molecule has 23 heavy (non-hydrogen) atoms. The molecule has 132 valence electrons. The van der Waals surface area contributed by atoms with Crippen LogP contribution in [0.1, 0.15) is 86.0 Å².